The fourth-order valence-electron chi connectivity index (χ4n) is 1.98. The van der Waals surface area contributed by atoms with Crippen molar-refractivity contribution in [3.63, 3.8) is 0 Å². The minimum absolute atomic E-state index is 0.0676. The molecule has 0 spiro atoms. The Balaban J connectivity index is 2.95. The highest BCUT2D eigenvalue weighted by atomic mass is 16.2. The van der Waals surface area contributed by atoms with Crippen LogP contribution in [0.15, 0.2) is 12.4 Å². The summed E-state index contributed by atoms with van der Waals surface area (Å²) in [6.45, 7) is 4.39. The van der Waals surface area contributed by atoms with Crippen molar-refractivity contribution in [3.05, 3.63) is 12.4 Å². The second kappa shape index (κ2) is 5.31. The van der Waals surface area contributed by atoms with Crippen LogP contribution in [-0.2, 0) is 11.8 Å². The molecule has 0 fully saturated rings. The van der Waals surface area contributed by atoms with Gasteiger partial charge in [-0.1, -0.05) is 13.8 Å². The smallest absolute Gasteiger partial charge is 0.234 e. The summed E-state index contributed by atoms with van der Waals surface area (Å²) in [5, 5.41) is 4.07. The molecule has 1 aromatic heterocycles. The van der Waals surface area contributed by atoms with Crippen LogP contribution in [0.1, 0.15) is 26.7 Å². The number of hydrogen-bond donors (Lipinski definition) is 1. The van der Waals surface area contributed by atoms with Gasteiger partial charge >= 0.3 is 0 Å². The average Bonchev–Trinajstić information content (AvgIpc) is 2.77. The van der Waals surface area contributed by atoms with Crippen LogP contribution in [0.4, 0.5) is 5.69 Å². The third-order valence-electron chi connectivity index (χ3n) is 3.58. The molecule has 0 unspecified atom stereocenters. The number of aryl methyl sites for hydroxylation is 1. The Morgan fingerprint density at radius 2 is 2.12 bits per heavy atom. The maximum Gasteiger partial charge on any atom is 0.234 e. The zero-order valence-electron chi connectivity index (χ0n) is 11.1. The van der Waals surface area contributed by atoms with E-state index in [1.165, 1.54) is 0 Å². The van der Waals surface area contributed by atoms with Crippen LogP contribution >= 0.6 is 0 Å². The van der Waals surface area contributed by atoms with E-state index in [0.717, 1.165) is 18.5 Å². The molecule has 1 aromatic rings. The quantitative estimate of drug-likeness (QED) is 0.837. The van der Waals surface area contributed by atoms with E-state index in [-0.39, 0.29) is 5.91 Å². The lowest BCUT2D eigenvalue weighted by Gasteiger charge is -2.32. The van der Waals surface area contributed by atoms with Gasteiger partial charge in [0.2, 0.25) is 5.91 Å². The fraction of sp³-hybridized carbons (Fsp3) is 0.667. The number of anilines is 1. The van der Waals surface area contributed by atoms with Crippen molar-refractivity contribution in [2.24, 2.45) is 18.2 Å². The predicted molar refractivity (Wildman–Crippen MR) is 68.7 cm³/mol. The minimum Gasteiger partial charge on any atom is -0.329 e. The lowest BCUT2D eigenvalue weighted by Crippen LogP contribution is -2.46. The molecule has 17 heavy (non-hydrogen) atoms. The Kier molecular flexibility index (Phi) is 4.28. The van der Waals surface area contributed by atoms with E-state index in [1.54, 1.807) is 22.8 Å². The molecule has 5 nitrogen and oxygen atoms in total. The minimum atomic E-state index is -0.454. The monoisotopic (exact) mass is 238 g/mol. The summed E-state index contributed by atoms with van der Waals surface area (Å²) in [4.78, 5) is 14.1. The van der Waals surface area contributed by atoms with Gasteiger partial charge in [0, 0.05) is 26.8 Å². The molecule has 0 aliphatic carbocycles. The second-order valence-electron chi connectivity index (χ2n) is 4.43. The third kappa shape index (κ3) is 2.49. The van der Waals surface area contributed by atoms with Crippen LogP contribution < -0.4 is 10.6 Å². The number of rotatable bonds is 5. The van der Waals surface area contributed by atoms with Gasteiger partial charge in [0.25, 0.3) is 0 Å². The molecule has 0 bridgehead atoms. The highest BCUT2D eigenvalue weighted by molar-refractivity contribution is 5.97. The molecule has 1 amide bonds. The third-order valence-corrected chi connectivity index (χ3v) is 3.58. The van der Waals surface area contributed by atoms with Gasteiger partial charge in [0.05, 0.1) is 17.3 Å². The topological polar surface area (TPSA) is 64.2 Å². The number of carbonyl (C=O) groups is 1. The Morgan fingerprint density at radius 1 is 1.53 bits per heavy atom. The van der Waals surface area contributed by atoms with Crippen molar-refractivity contribution in [1.29, 1.82) is 0 Å². The summed E-state index contributed by atoms with van der Waals surface area (Å²) in [7, 11) is 3.60. The van der Waals surface area contributed by atoms with Crippen molar-refractivity contribution in [2.45, 2.75) is 26.7 Å². The summed E-state index contributed by atoms with van der Waals surface area (Å²) in [6.07, 6.45) is 5.02. The van der Waals surface area contributed by atoms with E-state index < -0.39 is 5.41 Å². The molecule has 96 valence electrons. The molecule has 0 saturated carbocycles. The largest absolute Gasteiger partial charge is 0.329 e. The average molecular weight is 238 g/mol. The highest BCUT2D eigenvalue weighted by Gasteiger charge is 2.36. The lowest BCUT2D eigenvalue weighted by atomic mass is 9.81. The number of nitrogens with zero attached hydrogens (tertiary/aromatic N) is 3. The molecule has 0 radical (unpaired) electrons. The van der Waals surface area contributed by atoms with Crippen LogP contribution in [0.3, 0.4) is 0 Å². The maximum atomic E-state index is 12.5. The zero-order valence-corrected chi connectivity index (χ0v) is 11.1. The van der Waals surface area contributed by atoms with Crippen molar-refractivity contribution in [3.8, 4) is 0 Å². The van der Waals surface area contributed by atoms with Crippen LogP contribution in [0.2, 0.25) is 0 Å². The van der Waals surface area contributed by atoms with Gasteiger partial charge in [0.1, 0.15) is 0 Å². The summed E-state index contributed by atoms with van der Waals surface area (Å²) in [5.74, 6) is 0.0676. The first kappa shape index (κ1) is 13.7. The van der Waals surface area contributed by atoms with Gasteiger partial charge in [-0.15, -0.1) is 0 Å². The normalized spacial score (nSPS) is 11.6. The van der Waals surface area contributed by atoms with Crippen LogP contribution in [-0.4, -0.2) is 29.3 Å². The molecule has 0 aliphatic rings. The molecule has 0 saturated heterocycles. The molecule has 0 atom stereocenters. The SMILES string of the molecule is CCC(CC)(CN)C(=O)N(C)c1cnn(C)c1. The summed E-state index contributed by atoms with van der Waals surface area (Å²) < 4.78 is 1.68. The first-order valence-corrected chi connectivity index (χ1v) is 5.97. The van der Waals surface area contributed by atoms with E-state index >= 15 is 0 Å². The van der Waals surface area contributed by atoms with Crippen molar-refractivity contribution < 1.29 is 4.79 Å². The first-order chi connectivity index (χ1) is 8.00. The van der Waals surface area contributed by atoms with Crippen molar-refractivity contribution in [2.75, 3.05) is 18.5 Å². The van der Waals surface area contributed by atoms with Crippen LogP contribution in [0.5, 0.6) is 0 Å². The molecular weight excluding hydrogens is 216 g/mol. The standard InChI is InChI=1S/C12H22N4O/c1-5-12(6-2,9-13)11(17)16(4)10-7-14-15(3)8-10/h7-8H,5-6,9,13H2,1-4H3. The number of carbonyl (C=O) groups excluding carboxylic acids is 1. The predicted octanol–water partition coefficient (Wildman–Crippen LogP) is 1.15. The van der Waals surface area contributed by atoms with E-state index in [4.69, 9.17) is 5.73 Å². The van der Waals surface area contributed by atoms with E-state index in [2.05, 4.69) is 5.10 Å². The van der Waals surface area contributed by atoms with Crippen LogP contribution in [0, 0.1) is 5.41 Å². The molecular formula is C12H22N4O. The van der Waals surface area contributed by atoms with Gasteiger partial charge in [0.15, 0.2) is 0 Å². The highest BCUT2D eigenvalue weighted by Crippen LogP contribution is 2.29. The molecule has 1 rings (SSSR count). The molecule has 2 N–H and O–H groups in total. The fourth-order valence-corrected chi connectivity index (χ4v) is 1.98. The molecule has 0 aliphatic heterocycles. The number of amides is 1. The molecule has 5 heteroatoms. The van der Waals surface area contributed by atoms with E-state index in [9.17, 15) is 4.79 Å². The molecule has 1 heterocycles. The van der Waals surface area contributed by atoms with Gasteiger partial charge in [-0.05, 0) is 12.8 Å². The Labute approximate surface area is 103 Å². The lowest BCUT2D eigenvalue weighted by molar-refractivity contribution is -0.127. The Bertz CT molecular complexity index is 373. The van der Waals surface area contributed by atoms with Gasteiger partial charge < -0.3 is 10.6 Å². The van der Waals surface area contributed by atoms with E-state index in [0.29, 0.717) is 6.54 Å². The number of nitrogens with two attached hydrogens (primary N) is 1. The van der Waals surface area contributed by atoms with E-state index in [1.807, 2.05) is 27.1 Å². The van der Waals surface area contributed by atoms with Crippen molar-refractivity contribution in [1.82, 2.24) is 9.78 Å². The van der Waals surface area contributed by atoms with Crippen molar-refractivity contribution >= 4 is 11.6 Å². The van der Waals surface area contributed by atoms with Gasteiger partial charge in [-0.2, -0.15) is 5.10 Å². The summed E-state index contributed by atoms with van der Waals surface area (Å²) >= 11 is 0. The first-order valence-electron chi connectivity index (χ1n) is 5.97. The van der Waals surface area contributed by atoms with Crippen LogP contribution in [0.25, 0.3) is 0 Å². The Morgan fingerprint density at radius 3 is 2.47 bits per heavy atom. The Hall–Kier alpha value is -1.36. The van der Waals surface area contributed by atoms with Gasteiger partial charge in [-0.3, -0.25) is 9.48 Å². The summed E-state index contributed by atoms with van der Waals surface area (Å²) in [6, 6.07) is 0. The number of aromatic nitrogens is 2. The summed E-state index contributed by atoms with van der Waals surface area (Å²) in [5.41, 5.74) is 6.13. The second-order valence-corrected chi connectivity index (χ2v) is 4.43. The zero-order chi connectivity index (χ0) is 13.1. The molecule has 0 aromatic carbocycles. The maximum absolute atomic E-state index is 12.5. The number of hydrogen-bond acceptors (Lipinski definition) is 3. The van der Waals surface area contributed by atoms with Gasteiger partial charge in [-0.25, -0.2) is 0 Å².